The Hall–Kier alpha value is -2.28. The largest absolute Gasteiger partial charge is 0.396 e. The van der Waals surface area contributed by atoms with Crippen molar-refractivity contribution in [1.29, 1.82) is 0 Å². The molecule has 0 bridgehead atoms. The minimum absolute atomic E-state index is 0.276. The molecule has 0 unspecified atom stereocenters. The van der Waals surface area contributed by atoms with Gasteiger partial charge in [-0.15, -0.1) is 0 Å². The first-order chi connectivity index (χ1) is 13.8. The van der Waals surface area contributed by atoms with E-state index in [0.717, 1.165) is 60.4 Å². The van der Waals surface area contributed by atoms with Crippen molar-refractivity contribution in [2.24, 2.45) is 0 Å². The number of aliphatic hydroxyl groups is 1. The lowest BCUT2D eigenvalue weighted by atomic mass is 9.93. The van der Waals surface area contributed by atoms with E-state index in [1.807, 2.05) is 30.5 Å². The molecule has 1 fully saturated rings. The van der Waals surface area contributed by atoms with Crippen LogP contribution in [0.25, 0.3) is 10.4 Å². The maximum absolute atomic E-state index is 9.00. The third-order valence-electron chi connectivity index (χ3n) is 5.21. The van der Waals surface area contributed by atoms with Gasteiger partial charge in [0.05, 0.1) is 4.88 Å². The molecule has 0 amide bonds. The van der Waals surface area contributed by atoms with Crippen molar-refractivity contribution in [2.45, 2.75) is 25.2 Å². The van der Waals surface area contributed by atoms with Gasteiger partial charge in [0.1, 0.15) is 5.82 Å². The fourth-order valence-electron chi connectivity index (χ4n) is 3.67. The van der Waals surface area contributed by atoms with Crippen molar-refractivity contribution in [2.75, 3.05) is 31.6 Å². The van der Waals surface area contributed by atoms with E-state index in [-0.39, 0.29) is 6.61 Å². The van der Waals surface area contributed by atoms with E-state index >= 15 is 0 Å². The van der Waals surface area contributed by atoms with Gasteiger partial charge in [-0.05, 0) is 50.0 Å². The van der Waals surface area contributed by atoms with Crippen molar-refractivity contribution >= 4 is 22.3 Å². The van der Waals surface area contributed by atoms with Crippen LogP contribution in [0.2, 0.25) is 0 Å². The minimum atomic E-state index is 0.276. The molecule has 0 saturated carbocycles. The first-order valence-corrected chi connectivity index (χ1v) is 10.7. The zero-order valence-corrected chi connectivity index (χ0v) is 16.7. The van der Waals surface area contributed by atoms with Crippen LogP contribution in [0.3, 0.4) is 0 Å². The molecule has 1 saturated heterocycles. The van der Waals surface area contributed by atoms with Crippen LogP contribution < -0.4 is 5.32 Å². The van der Waals surface area contributed by atoms with Crippen molar-refractivity contribution in [1.82, 2.24) is 14.9 Å². The number of nitrogens with zero attached hydrogens (tertiary/aromatic N) is 3. The number of thiazole rings is 1. The number of benzene rings is 1. The fourth-order valence-corrected chi connectivity index (χ4v) is 4.50. The SMILES string of the molecule is OCCCN1CCC(c2cccc(Nc3ncc(-c4ccccc4)s3)n2)CC1. The Kier molecular flexibility index (Phi) is 6.31. The lowest BCUT2D eigenvalue weighted by Gasteiger charge is -2.31. The normalized spacial score (nSPS) is 15.6. The van der Waals surface area contributed by atoms with Crippen molar-refractivity contribution < 1.29 is 5.11 Å². The van der Waals surface area contributed by atoms with Gasteiger partial charge in [-0.3, -0.25) is 0 Å². The van der Waals surface area contributed by atoms with E-state index in [2.05, 4.69) is 39.5 Å². The van der Waals surface area contributed by atoms with E-state index in [0.29, 0.717) is 5.92 Å². The van der Waals surface area contributed by atoms with E-state index in [1.165, 1.54) is 5.56 Å². The van der Waals surface area contributed by atoms with E-state index in [4.69, 9.17) is 10.1 Å². The molecule has 1 aliphatic heterocycles. The van der Waals surface area contributed by atoms with Gasteiger partial charge in [0.15, 0.2) is 5.13 Å². The minimum Gasteiger partial charge on any atom is -0.396 e. The third-order valence-corrected chi connectivity index (χ3v) is 6.17. The lowest BCUT2D eigenvalue weighted by molar-refractivity contribution is 0.187. The number of aromatic nitrogens is 2. The highest BCUT2D eigenvalue weighted by Crippen LogP contribution is 2.31. The summed E-state index contributed by atoms with van der Waals surface area (Å²) in [4.78, 5) is 13.0. The maximum Gasteiger partial charge on any atom is 0.188 e. The zero-order valence-electron chi connectivity index (χ0n) is 15.9. The van der Waals surface area contributed by atoms with Gasteiger partial charge in [-0.1, -0.05) is 47.7 Å². The molecule has 1 aliphatic rings. The van der Waals surface area contributed by atoms with Crippen molar-refractivity contribution in [3.05, 3.63) is 60.4 Å². The van der Waals surface area contributed by atoms with Crippen molar-refractivity contribution in [3.8, 4) is 10.4 Å². The summed E-state index contributed by atoms with van der Waals surface area (Å²) in [6.45, 7) is 3.43. The number of pyridine rings is 1. The van der Waals surface area contributed by atoms with Crippen LogP contribution in [0.15, 0.2) is 54.7 Å². The monoisotopic (exact) mass is 394 g/mol. The summed E-state index contributed by atoms with van der Waals surface area (Å²) >= 11 is 1.64. The molecule has 28 heavy (non-hydrogen) atoms. The first kappa shape index (κ1) is 19.1. The number of aliphatic hydroxyl groups excluding tert-OH is 1. The molecule has 1 aromatic carbocycles. The van der Waals surface area contributed by atoms with Crippen LogP contribution in [-0.4, -0.2) is 46.2 Å². The topological polar surface area (TPSA) is 61.3 Å². The standard InChI is InChI=1S/C22H26N4OS/c27-15-5-12-26-13-10-17(11-14-26)19-8-4-9-21(24-19)25-22-23-16-20(28-22)18-6-2-1-3-7-18/h1-4,6-9,16-17,27H,5,10-15H2,(H,23,24,25). The second kappa shape index (κ2) is 9.28. The molecule has 2 aromatic heterocycles. The molecule has 0 atom stereocenters. The Balaban J connectivity index is 1.39. The molecule has 0 spiro atoms. The second-order valence-electron chi connectivity index (χ2n) is 7.16. The molecule has 3 aromatic rings. The summed E-state index contributed by atoms with van der Waals surface area (Å²) in [6.07, 6.45) is 5.02. The van der Waals surface area contributed by atoms with Gasteiger partial charge >= 0.3 is 0 Å². The second-order valence-corrected chi connectivity index (χ2v) is 8.19. The van der Waals surface area contributed by atoms with E-state index in [1.54, 1.807) is 11.3 Å². The summed E-state index contributed by atoms with van der Waals surface area (Å²) < 4.78 is 0. The molecule has 2 N–H and O–H groups in total. The molecular weight excluding hydrogens is 368 g/mol. The summed E-state index contributed by atoms with van der Waals surface area (Å²) in [6, 6.07) is 16.5. The Morgan fingerprint density at radius 3 is 2.68 bits per heavy atom. The molecule has 5 nitrogen and oxygen atoms in total. The Morgan fingerprint density at radius 1 is 1.07 bits per heavy atom. The molecule has 0 radical (unpaired) electrons. The fraction of sp³-hybridized carbons (Fsp3) is 0.364. The van der Waals surface area contributed by atoms with Crippen molar-refractivity contribution in [3.63, 3.8) is 0 Å². The molecule has 6 heteroatoms. The van der Waals surface area contributed by atoms with Gasteiger partial charge in [-0.25, -0.2) is 9.97 Å². The quantitative estimate of drug-likeness (QED) is 0.617. The predicted molar refractivity (Wildman–Crippen MR) is 115 cm³/mol. The summed E-state index contributed by atoms with van der Waals surface area (Å²) in [7, 11) is 0. The Morgan fingerprint density at radius 2 is 1.89 bits per heavy atom. The number of likely N-dealkylation sites (tertiary alicyclic amines) is 1. The Bertz CT molecular complexity index is 875. The number of hydrogen-bond donors (Lipinski definition) is 2. The van der Waals surface area contributed by atoms with Crippen LogP contribution in [0.5, 0.6) is 0 Å². The smallest absolute Gasteiger partial charge is 0.188 e. The average molecular weight is 395 g/mol. The van der Waals surface area contributed by atoms with Gasteiger partial charge in [-0.2, -0.15) is 0 Å². The summed E-state index contributed by atoms with van der Waals surface area (Å²) in [5.41, 5.74) is 2.34. The maximum atomic E-state index is 9.00. The van der Waals surface area contributed by atoms with E-state index < -0.39 is 0 Å². The van der Waals surface area contributed by atoms with Crippen LogP contribution >= 0.6 is 11.3 Å². The predicted octanol–water partition coefficient (Wildman–Crippen LogP) is 4.51. The summed E-state index contributed by atoms with van der Waals surface area (Å²) in [5, 5.41) is 13.2. The van der Waals surface area contributed by atoms with Crippen LogP contribution in [-0.2, 0) is 0 Å². The third kappa shape index (κ3) is 4.76. The highest BCUT2D eigenvalue weighted by Gasteiger charge is 2.21. The lowest BCUT2D eigenvalue weighted by Crippen LogP contribution is -2.34. The highest BCUT2D eigenvalue weighted by molar-refractivity contribution is 7.18. The number of anilines is 2. The average Bonchev–Trinajstić information content (AvgIpc) is 3.22. The van der Waals surface area contributed by atoms with Gasteiger partial charge < -0.3 is 15.3 Å². The van der Waals surface area contributed by atoms with Crippen LogP contribution in [0.4, 0.5) is 10.9 Å². The number of hydrogen-bond acceptors (Lipinski definition) is 6. The highest BCUT2D eigenvalue weighted by atomic mass is 32.1. The number of rotatable bonds is 7. The van der Waals surface area contributed by atoms with E-state index in [9.17, 15) is 0 Å². The van der Waals surface area contributed by atoms with Gasteiger partial charge in [0, 0.05) is 31.0 Å². The summed E-state index contributed by atoms with van der Waals surface area (Å²) in [5.74, 6) is 1.36. The molecule has 4 rings (SSSR count). The number of piperidine rings is 1. The molecular formula is C22H26N4OS. The molecule has 0 aliphatic carbocycles. The number of nitrogens with one attached hydrogen (secondary N) is 1. The van der Waals surface area contributed by atoms with Crippen LogP contribution in [0.1, 0.15) is 30.9 Å². The van der Waals surface area contributed by atoms with Crippen LogP contribution in [0, 0.1) is 0 Å². The first-order valence-electron chi connectivity index (χ1n) is 9.90. The Labute approximate surface area is 170 Å². The molecule has 3 heterocycles. The molecule has 146 valence electrons. The van der Waals surface area contributed by atoms with Gasteiger partial charge in [0.25, 0.3) is 0 Å². The van der Waals surface area contributed by atoms with Gasteiger partial charge in [0.2, 0.25) is 0 Å². The zero-order chi connectivity index (χ0) is 19.2.